The van der Waals surface area contributed by atoms with Gasteiger partial charge >= 0.3 is 5.97 Å². The van der Waals surface area contributed by atoms with Gasteiger partial charge < -0.3 is 29.5 Å². The van der Waals surface area contributed by atoms with E-state index in [1.54, 1.807) is 13.2 Å². The topological polar surface area (TPSA) is 97.3 Å². The first-order chi connectivity index (χ1) is 18.4. The highest BCUT2D eigenvalue weighted by atomic mass is 35.5. The molecule has 3 aromatic carbocycles. The second-order valence-electron chi connectivity index (χ2n) is 9.58. The van der Waals surface area contributed by atoms with Gasteiger partial charge in [0.15, 0.2) is 5.82 Å². The van der Waals surface area contributed by atoms with E-state index in [2.05, 4.69) is 5.32 Å². The molecule has 0 radical (unpaired) electrons. The number of rotatable bonds is 8. The number of hydrogen-bond donors (Lipinski definition) is 2. The fourth-order valence-corrected chi connectivity index (χ4v) is 4.28. The van der Waals surface area contributed by atoms with Gasteiger partial charge in [-0.3, -0.25) is 9.59 Å². The first-order valence-electron chi connectivity index (χ1n) is 11.9. The average molecular weight is 561 g/mol. The molecule has 1 amide bonds. The Hall–Kier alpha value is -4.05. The largest absolute Gasteiger partial charge is 0.497 e. The molecule has 0 aromatic heterocycles. The summed E-state index contributed by atoms with van der Waals surface area (Å²) in [5.74, 6) is -2.70. The summed E-state index contributed by atoms with van der Waals surface area (Å²) in [5, 5.41) is 11.3. The number of carbonyl (C=O) groups excluding carboxylic acids is 1. The molecule has 1 heterocycles. The Morgan fingerprint density at radius 2 is 1.92 bits per heavy atom. The maximum atomic E-state index is 15.1. The summed E-state index contributed by atoms with van der Waals surface area (Å²) in [6, 6.07) is 11.5. The average Bonchev–Trinajstić information content (AvgIpc) is 2.90. The maximum absolute atomic E-state index is 15.1. The van der Waals surface area contributed by atoms with E-state index in [1.165, 1.54) is 38.1 Å². The molecule has 3 aromatic rings. The third-order valence-corrected chi connectivity index (χ3v) is 6.89. The lowest BCUT2D eigenvalue weighted by Crippen LogP contribution is -2.41. The van der Waals surface area contributed by atoms with Crippen LogP contribution in [0.3, 0.4) is 0 Å². The molecule has 1 aliphatic rings. The number of nitrogens with one attached hydrogen (secondary N) is 1. The predicted octanol–water partition coefficient (Wildman–Crippen LogP) is 5.52. The van der Waals surface area contributed by atoms with Crippen LogP contribution in [0.4, 0.5) is 20.2 Å². The third-order valence-electron chi connectivity index (χ3n) is 6.54. The number of halogens is 3. The number of benzene rings is 3. The van der Waals surface area contributed by atoms with Gasteiger partial charge in [-0.05, 0) is 55.8 Å². The molecule has 0 unspecified atom stereocenters. The second kappa shape index (κ2) is 11.0. The van der Waals surface area contributed by atoms with Crippen LogP contribution in [-0.4, -0.2) is 50.4 Å². The zero-order chi connectivity index (χ0) is 28.5. The maximum Gasteiger partial charge on any atom is 0.313 e. The van der Waals surface area contributed by atoms with E-state index >= 15 is 4.39 Å². The fraction of sp³-hybridized carbons (Fsp3) is 0.286. The minimum Gasteiger partial charge on any atom is -0.497 e. The van der Waals surface area contributed by atoms with Crippen LogP contribution in [0.15, 0.2) is 48.5 Å². The summed E-state index contributed by atoms with van der Waals surface area (Å²) >= 11 is 6.18. The van der Waals surface area contributed by atoms with E-state index in [9.17, 15) is 19.1 Å². The highest BCUT2D eigenvalue weighted by Crippen LogP contribution is 2.36. The molecule has 0 bridgehead atoms. The Morgan fingerprint density at radius 3 is 2.62 bits per heavy atom. The van der Waals surface area contributed by atoms with Crippen LogP contribution in [0.25, 0.3) is 0 Å². The Balaban J connectivity index is 1.47. The van der Waals surface area contributed by atoms with Crippen molar-refractivity contribution in [2.45, 2.75) is 25.4 Å². The lowest BCUT2D eigenvalue weighted by Gasteiger charge is -2.33. The molecule has 206 valence electrons. The van der Waals surface area contributed by atoms with Crippen molar-refractivity contribution < 1.29 is 37.7 Å². The molecule has 0 aliphatic carbocycles. The monoisotopic (exact) mass is 560 g/mol. The minimum absolute atomic E-state index is 0.00444. The standard InChI is InChI=1S/C28H27ClF2N2O6/c1-28(2,27(35)36)15-5-8-19(30)20(11-15)32-26(34)18-7-10-22(24(29)25(18)31)38-14-17-13-33(3)21-9-6-16(37-4)12-23(21)39-17/h5-12,17H,13-14H2,1-4H3,(H,32,34)(H,35,36)/t17-/m0/s1. The predicted molar refractivity (Wildman–Crippen MR) is 143 cm³/mol. The van der Waals surface area contributed by atoms with Gasteiger partial charge in [0.25, 0.3) is 5.91 Å². The number of carbonyl (C=O) groups is 2. The highest BCUT2D eigenvalue weighted by molar-refractivity contribution is 6.32. The van der Waals surface area contributed by atoms with E-state index in [0.717, 1.165) is 11.8 Å². The van der Waals surface area contributed by atoms with Crippen LogP contribution in [0, 0.1) is 11.6 Å². The van der Waals surface area contributed by atoms with E-state index in [-0.39, 0.29) is 23.6 Å². The molecule has 0 saturated heterocycles. The molecule has 4 rings (SSSR count). The fourth-order valence-electron chi connectivity index (χ4n) is 4.06. The number of nitrogens with zero attached hydrogens (tertiary/aromatic N) is 1. The molecule has 11 heteroatoms. The number of fused-ring (bicyclic) bond motifs is 1. The van der Waals surface area contributed by atoms with E-state index in [4.69, 9.17) is 25.8 Å². The van der Waals surface area contributed by atoms with Crippen LogP contribution in [-0.2, 0) is 10.2 Å². The van der Waals surface area contributed by atoms with Gasteiger partial charge in [-0.15, -0.1) is 0 Å². The summed E-state index contributed by atoms with van der Waals surface area (Å²) < 4.78 is 46.5. The Kier molecular flexibility index (Phi) is 7.87. The van der Waals surface area contributed by atoms with Crippen LogP contribution < -0.4 is 24.4 Å². The Morgan fingerprint density at radius 1 is 1.18 bits per heavy atom. The number of ether oxygens (including phenoxy) is 3. The molecule has 0 spiro atoms. The third kappa shape index (κ3) is 5.70. The Bertz CT molecular complexity index is 1430. The number of amides is 1. The van der Waals surface area contributed by atoms with Crippen LogP contribution in [0.5, 0.6) is 17.2 Å². The van der Waals surface area contributed by atoms with Gasteiger partial charge in [-0.25, -0.2) is 8.78 Å². The zero-order valence-corrected chi connectivity index (χ0v) is 22.4. The number of hydrogen-bond acceptors (Lipinski definition) is 6. The van der Waals surface area contributed by atoms with Crippen molar-refractivity contribution in [2.75, 3.05) is 37.5 Å². The number of carboxylic acids is 1. The molecule has 8 nitrogen and oxygen atoms in total. The molecule has 1 aliphatic heterocycles. The molecule has 1 atom stereocenters. The lowest BCUT2D eigenvalue weighted by molar-refractivity contribution is -0.142. The van der Waals surface area contributed by atoms with Gasteiger partial charge in [0.2, 0.25) is 0 Å². The second-order valence-corrected chi connectivity index (χ2v) is 9.96. The Labute approximate surface area is 229 Å². The van der Waals surface area contributed by atoms with Gasteiger partial charge in [0, 0.05) is 13.1 Å². The van der Waals surface area contributed by atoms with Crippen molar-refractivity contribution in [3.8, 4) is 17.2 Å². The first-order valence-corrected chi connectivity index (χ1v) is 12.3. The van der Waals surface area contributed by atoms with E-state index in [0.29, 0.717) is 18.0 Å². The van der Waals surface area contributed by atoms with Crippen LogP contribution in [0.1, 0.15) is 29.8 Å². The van der Waals surface area contributed by atoms with Gasteiger partial charge in [0.05, 0.1) is 36.0 Å². The molecular weight excluding hydrogens is 534 g/mol. The lowest BCUT2D eigenvalue weighted by atomic mass is 9.84. The number of likely N-dealkylation sites (N-methyl/N-ethyl adjacent to an activating group) is 1. The van der Waals surface area contributed by atoms with Crippen molar-refractivity contribution in [1.82, 2.24) is 0 Å². The van der Waals surface area contributed by atoms with Gasteiger partial charge in [-0.2, -0.15) is 0 Å². The first kappa shape index (κ1) is 28.0. The normalized spacial score (nSPS) is 14.7. The summed E-state index contributed by atoms with van der Waals surface area (Å²) in [5.41, 5.74) is -0.931. The molecular formula is C28H27ClF2N2O6. The quantitative estimate of drug-likeness (QED) is 0.374. The summed E-state index contributed by atoms with van der Waals surface area (Å²) in [6.45, 7) is 3.43. The summed E-state index contributed by atoms with van der Waals surface area (Å²) in [7, 11) is 3.46. The zero-order valence-electron chi connectivity index (χ0n) is 21.7. The molecule has 0 fully saturated rings. The van der Waals surface area contributed by atoms with Crippen LogP contribution in [0.2, 0.25) is 5.02 Å². The van der Waals surface area contributed by atoms with Crippen LogP contribution >= 0.6 is 11.6 Å². The molecule has 2 N–H and O–H groups in total. The van der Waals surface area contributed by atoms with Gasteiger partial charge in [-0.1, -0.05) is 17.7 Å². The van der Waals surface area contributed by atoms with Crippen molar-refractivity contribution in [2.24, 2.45) is 0 Å². The van der Waals surface area contributed by atoms with Crippen molar-refractivity contribution in [3.05, 3.63) is 76.3 Å². The number of aliphatic carboxylic acids is 1. The SMILES string of the molecule is COc1ccc2c(c1)O[C@H](COc1ccc(C(=O)Nc3cc(C(C)(C)C(=O)O)ccc3F)c(F)c1Cl)CN2C. The number of anilines is 2. The van der Waals surface area contributed by atoms with E-state index in [1.807, 2.05) is 24.1 Å². The van der Waals surface area contributed by atoms with Crippen molar-refractivity contribution >= 4 is 34.9 Å². The molecule has 0 saturated carbocycles. The molecule has 39 heavy (non-hydrogen) atoms. The minimum atomic E-state index is -1.34. The number of methoxy groups -OCH3 is 1. The smallest absolute Gasteiger partial charge is 0.313 e. The summed E-state index contributed by atoms with van der Waals surface area (Å²) in [6.07, 6.45) is -0.401. The van der Waals surface area contributed by atoms with Crippen molar-refractivity contribution in [1.29, 1.82) is 0 Å². The summed E-state index contributed by atoms with van der Waals surface area (Å²) in [4.78, 5) is 26.3. The van der Waals surface area contributed by atoms with Gasteiger partial charge in [0.1, 0.15) is 40.8 Å². The van der Waals surface area contributed by atoms with Crippen molar-refractivity contribution in [3.63, 3.8) is 0 Å². The van der Waals surface area contributed by atoms with E-state index < -0.39 is 45.6 Å². The number of carboxylic acid groups (broad SMARTS) is 1. The highest BCUT2D eigenvalue weighted by Gasteiger charge is 2.31.